The number of amides is 5. The highest BCUT2D eigenvalue weighted by atomic mass is 19.1. The van der Waals surface area contributed by atoms with Gasteiger partial charge in [0, 0.05) is 64.5 Å². The maximum atomic E-state index is 14.4. The van der Waals surface area contributed by atoms with Crippen LogP contribution in [0, 0.1) is 30.4 Å². The summed E-state index contributed by atoms with van der Waals surface area (Å²) in [6, 6.07) is 17.7. The Labute approximate surface area is 427 Å². The lowest BCUT2D eigenvalue weighted by Gasteiger charge is -2.44. The van der Waals surface area contributed by atoms with Crippen molar-refractivity contribution in [2.75, 3.05) is 26.2 Å². The van der Waals surface area contributed by atoms with Crippen molar-refractivity contribution >= 4 is 63.0 Å². The fraction of sp³-hybridized carbons (Fsp3) is 0.275. The van der Waals surface area contributed by atoms with E-state index in [2.05, 4.69) is 46.3 Å². The quantitative estimate of drug-likeness (QED) is 0.111. The van der Waals surface area contributed by atoms with E-state index >= 15 is 0 Å². The number of primary amides is 1. The van der Waals surface area contributed by atoms with Crippen LogP contribution in [0.25, 0.3) is 33.5 Å². The number of oxazole rings is 2. The number of hydrogen-bond donors (Lipinski definition) is 5. The van der Waals surface area contributed by atoms with Crippen molar-refractivity contribution in [3.8, 4) is 0 Å². The molecule has 25 heteroatoms. The Hall–Kier alpha value is -9.39. The summed E-state index contributed by atoms with van der Waals surface area (Å²) in [4.78, 5) is 97.9. The van der Waals surface area contributed by atoms with Crippen LogP contribution >= 0.6 is 0 Å². The third-order valence-electron chi connectivity index (χ3n) is 13.7. The van der Waals surface area contributed by atoms with Gasteiger partial charge in [-0.1, -0.05) is 29.8 Å². The highest BCUT2D eigenvalue weighted by Gasteiger charge is 2.34. The van der Waals surface area contributed by atoms with Crippen LogP contribution in [-0.4, -0.2) is 98.9 Å². The zero-order valence-corrected chi connectivity index (χ0v) is 41.1. The minimum Gasteiger partial charge on any atom is -0.408 e. The number of carbonyl (C=O) groups is 5. The number of nitrogens with two attached hydrogens (primary N) is 1. The highest BCUT2D eigenvalue weighted by Crippen LogP contribution is 2.32. The number of halogens is 2. The molecule has 9 aromatic rings. The van der Waals surface area contributed by atoms with Gasteiger partial charge in [-0.05, 0) is 91.7 Å². The summed E-state index contributed by atoms with van der Waals surface area (Å²) in [5.74, 6) is -4.57. The smallest absolute Gasteiger partial charge is 0.408 e. The van der Waals surface area contributed by atoms with Crippen molar-refractivity contribution in [3.05, 3.63) is 162 Å². The number of fused-ring (bicyclic) bond motifs is 7. The van der Waals surface area contributed by atoms with E-state index in [0.29, 0.717) is 51.7 Å². The molecule has 1 atom stereocenters. The molecule has 6 aromatic heterocycles. The van der Waals surface area contributed by atoms with Gasteiger partial charge in [0.25, 0.3) is 23.6 Å². The lowest BCUT2D eigenvalue weighted by Crippen LogP contribution is -2.50. The number of aryl methyl sites for hydroxylation is 3. The van der Waals surface area contributed by atoms with E-state index in [9.17, 15) is 42.3 Å². The Morgan fingerprint density at radius 1 is 0.658 bits per heavy atom. The molecule has 23 nitrogen and oxygen atoms in total. The van der Waals surface area contributed by atoms with E-state index in [0.717, 1.165) is 65.0 Å². The normalized spacial score (nSPS) is 15.9. The molecule has 2 bridgehead atoms. The molecule has 3 saturated heterocycles. The Balaban J connectivity index is 0.000000173. The molecule has 3 fully saturated rings. The first-order valence-electron chi connectivity index (χ1n) is 24.0. The highest BCUT2D eigenvalue weighted by molar-refractivity contribution is 6.00. The Kier molecular flexibility index (Phi) is 13.5. The fourth-order valence-electron chi connectivity index (χ4n) is 9.51. The molecule has 6 N–H and O–H groups in total. The van der Waals surface area contributed by atoms with Crippen LogP contribution in [0.1, 0.15) is 87.4 Å². The predicted molar refractivity (Wildman–Crippen MR) is 267 cm³/mol. The van der Waals surface area contributed by atoms with Gasteiger partial charge >= 0.3 is 11.5 Å². The molecule has 3 aliphatic heterocycles. The van der Waals surface area contributed by atoms with E-state index in [-0.39, 0.29) is 59.3 Å². The summed E-state index contributed by atoms with van der Waals surface area (Å²) in [7, 11) is 3.16. The summed E-state index contributed by atoms with van der Waals surface area (Å²) >= 11 is 0. The van der Waals surface area contributed by atoms with Gasteiger partial charge < -0.3 is 40.7 Å². The van der Waals surface area contributed by atoms with Gasteiger partial charge in [-0.3, -0.25) is 33.1 Å². The second-order valence-electron chi connectivity index (χ2n) is 18.6. The number of nitrogens with zero attached hydrogens (tertiary/aromatic N) is 9. The number of rotatable bonds is 13. The SMILES string of the molecule is Cc1ccc(CNC(=O)c2cc(C(=O)NCc3ccc4oc(=O)n(C)c4c3)nc3c(F)cnn23)c(C(N)=O)c1.Cn1c(=O)oc2ccc(CNC(=O)c3cc(C(=O)NC[C@@H]4CN5CCC4CC5)n4ncc(F)c4n3)cc21. The number of nitrogens with one attached hydrogen (secondary N) is 4. The molecule has 3 aliphatic rings. The zero-order valence-electron chi connectivity index (χ0n) is 41.1. The van der Waals surface area contributed by atoms with Gasteiger partial charge in [0.05, 0.1) is 23.4 Å². The van der Waals surface area contributed by atoms with Gasteiger partial charge in [-0.25, -0.2) is 37.4 Å². The van der Waals surface area contributed by atoms with Crippen LogP contribution in [0.15, 0.2) is 97.5 Å². The van der Waals surface area contributed by atoms with Crippen LogP contribution < -0.4 is 38.5 Å². The molecule has 12 rings (SSSR count). The monoisotopic (exact) mass is 1040 g/mol. The maximum Gasteiger partial charge on any atom is 0.419 e. The summed E-state index contributed by atoms with van der Waals surface area (Å²) in [5, 5.41) is 18.8. The Bertz CT molecular complexity index is 3940. The van der Waals surface area contributed by atoms with Crippen LogP contribution in [-0.2, 0) is 33.7 Å². The van der Waals surface area contributed by atoms with Crippen molar-refractivity contribution in [1.29, 1.82) is 0 Å². The first kappa shape index (κ1) is 50.2. The molecular formula is C51H48F2N14O9. The fourth-order valence-corrected chi connectivity index (χ4v) is 9.51. The van der Waals surface area contributed by atoms with Crippen LogP contribution in [0.3, 0.4) is 0 Å². The number of piperidine rings is 3. The molecule has 9 heterocycles. The Morgan fingerprint density at radius 3 is 1.64 bits per heavy atom. The van der Waals surface area contributed by atoms with Crippen molar-refractivity contribution in [1.82, 2.24) is 64.5 Å². The average Bonchev–Trinajstić information content (AvgIpc) is 4.16. The topological polar surface area (TPSA) is 293 Å². The largest absolute Gasteiger partial charge is 0.419 e. The van der Waals surface area contributed by atoms with E-state index in [4.69, 9.17) is 14.6 Å². The second kappa shape index (κ2) is 20.5. The first-order valence-corrected chi connectivity index (χ1v) is 24.0. The number of hydrogen-bond acceptors (Lipinski definition) is 14. The van der Waals surface area contributed by atoms with E-state index in [1.807, 2.05) is 0 Å². The zero-order chi connectivity index (χ0) is 53.5. The Morgan fingerprint density at radius 2 is 1.16 bits per heavy atom. The molecule has 0 aliphatic carbocycles. The molecule has 0 radical (unpaired) electrons. The molecule has 3 aromatic carbocycles. The van der Waals surface area contributed by atoms with Gasteiger partial charge in [0.1, 0.15) is 22.8 Å². The van der Waals surface area contributed by atoms with Gasteiger partial charge in [0.2, 0.25) is 5.91 Å². The van der Waals surface area contributed by atoms with Crippen LogP contribution in [0.5, 0.6) is 0 Å². The predicted octanol–water partition coefficient (Wildman–Crippen LogP) is 2.90. The molecule has 5 amide bonds. The third kappa shape index (κ3) is 10.0. The second-order valence-corrected chi connectivity index (χ2v) is 18.6. The minimum absolute atomic E-state index is 0.0372. The standard InChI is InChI=1S/C26H22FN7O5.C25H26FN7O4/c1-13-3-5-15(16(7-13)22(28)35)11-30-25(37)20-9-18(32-23-17(27)12-31-34(20)23)24(36)29-10-14-4-6-21-19(8-14)33(2)26(38)39-21;1-31-19-8-14(2-3-21(19)37-25(31)36)10-27-23(34)18-9-20(33-22(30-18)17(26)12-29-33)24(35)28-11-16-13-32-6-4-15(16)5-7-32/h3-9,12H,10-11H2,1-2H3,(H2,28,35)(H,29,36)(H,30,37);2-3,8-9,12,15-16H,4-7,10-11,13H2,1H3,(H,27,34)(H,28,35)/t;16-/m.1/s1. The summed E-state index contributed by atoms with van der Waals surface area (Å²) in [6.07, 6.45) is 4.13. The summed E-state index contributed by atoms with van der Waals surface area (Å²) < 4.78 is 43.9. The third-order valence-corrected chi connectivity index (χ3v) is 13.7. The number of carbonyl (C=O) groups excluding carboxylic acids is 5. The molecule has 390 valence electrons. The number of benzene rings is 3. The van der Waals surface area contributed by atoms with Crippen LogP contribution in [0.4, 0.5) is 8.78 Å². The average molecular weight is 1040 g/mol. The lowest BCUT2D eigenvalue weighted by molar-refractivity contribution is 0.0495. The van der Waals surface area contributed by atoms with Crippen LogP contribution in [0.2, 0.25) is 0 Å². The minimum atomic E-state index is -0.820. The van der Waals surface area contributed by atoms with Gasteiger partial charge in [-0.15, -0.1) is 0 Å². The first-order chi connectivity index (χ1) is 36.5. The van der Waals surface area contributed by atoms with E-state index in [1.54, 1.807) is 75.6 Å². The molecule has 0 unspecified atom stereocenters. The van der Waals surface area contributed by atoms with Crippen molar-refractivity contribution < 1.29 is 41.6 Å². The summed E-state index contributed by atoms with van der Waals surface area (Å²) in [5.41, 5.74) is 9.51. The molecular weight excluding hydrogens is 991 g/mol. The lowest BCUT2D eigenvalue weighted by atomic mass is 9.79. The summed E-state index contributed by atoms with van der Waals surface area (Å²) in [6.45, 7) is 5.63. The van der Waals surface area contributed by atoms with E-state index < -0.39 is 52.7 Å². The molecule has 0 saturated carbocycles. The van der Waals surface area contributed by atoms with Gasteiger partial charge in [-0.2, -0.15) is 10.2 Å². The van der Waals surface area contributed by atoms with Crippen molar-refractivity contribution in [2.45, 2.75) is 39.4 Å². The number of aromatic nitrogens is 8. The molecule has 0 spiro atoms. The maximum absolute atomic E-state index is 14.4. The molecule has 76 heavy (non-hydrogen) atoms. The van der Waals surface area contributed by atoms with E-state index in [1.165, 1.54) is 21.3 Å². The van der Waals surface area contributed by atoms with Crippen molar-refractivity contribution in [3.63, 3.8) is 0 Å². The van der Waals surface area contributed by atoms with Crippen molar-refractivity contribution in [2.24, 2.45) is 31.7 Å². The van der Waals surface area contributed by atoms with Gasteiger partial charge in [0.15, 0.2) is 34.1 Å².